The van der Waals surface area contributed by atoms with Crippen LogP contribution in [-0.4, -0.2) is 0 Å². The highest BCUT2D eigenvalue weighted by Crippen LogP contribution is 2.50. The summed E-state index contributed by atoms with van der Waals surface area (Å²) in [5.74, 6) is 0. The second kappa shape index (κ2) is 26.8. The van der Waals surface area contributed by atoms with Gasteiger partial charge in [0.2, 0.25) is 0 Å². The molecule has 0 saturated heterocycles. The monoisotopic (exact) mass is 1300 g/mol. The summed E-state index contributed by atoms with van der Waals surface area (Å²) >= 11 is 0. The van der Waals surface area contributed by atoms with E-state index in [1.54, 1.807) is 0 Å². The van der Waals surface area contributed by atoms with Crippen molar-refractivity contribution in [3.8, 4) is 111 Å². The van der Waals surface area contributed by atoms with E-state index in [0.717, 1.165) is 112 Å². The quantitative estimate of drug-likeness (QED) is 0.0890. The van der Waals surface area contributed by atoms with E-state index in [2.05, 4.69) is 422 Å². The van der Waals surface area contributed by atoms with Gasteiger partial charge in [0.1, 0.15) is 0 Å². The third-order valence-electron chi connectivity index (χ3n) is 20.1. The van der Waals surface area contributed by atoms with Crippen molar-refractivity contribution in [2.24, 2.45) is 0 Å². The second-order valence-electron chi connectivity index (χ2n) is 26.4. The maximum absolute atomic E-state index is 2.50. The smallest absolute Gasteiger partial charge is 0.0540 e. The van der Waals surface area contributed by atoms with Crippen LogP contribution in [0, 0.1) is 0 Å². The molecule has 0 spiro atoms. The fraction of sp³-hybridized carbons (Fsp3) is 0. The lowest BCUT2D eigenvalue weighted by atomic mass is 9.91. The van der Waals surface area contributed by atoms with Crippen LogP contribution in [0.4, 0.5) is 34.1 Å². The second-order valence-corrected chi connectivity index (χ2v) is 26.4. The number of hydrogen-bond donors (Lipinski definition) is 0. The summed E-state index contributed by atoms with van der Waals surface area (Å²) in [5, 5.41) is 7.09. The molecule has 2 heteroatoms. The van der Waals surface area contributed by atoms with E-state index in [1.807, 2.05) is 0 Å². The van der Waals surface area contributed by atoms with Crippen LogP contribution in [0.25, 0.3) is 144 Å². The normalized spacial score (nSPS) is 11.3. The van der Waals surface area contributed by atoms with Gasteiger partial charge in [0, 0.05) is 33.5 Å². The van der Waals surface area contributed by atoms with E-state index < -0.39 is 0 Å². The Bertz CT molecular complexity index is 5380. The molecule has 0 amide bonds. The molecular weight excluding hydrogens is 1230 g/mol. The Morgan fingerprint density at radius 1 is 0.127 bits per heavy atom. The molecule has 0 unspecified atom stereocenters. The summed E-state index contributed by atoms with van der Waals surface area (Å²) in [6, 6.07) is 152. The third kappa shape index (κ3) is 11.9. The van der Waals surface area contributed by atoms with Crippen LogP contribution in [0.3, 0.4) is 0 Å². The summed E-state index contributed by atoms with van der Waals surface area (Å²) in [6.07, 6.45) is 0. The number of rotatable bonds is 16. The van der Waals surface area contributed by atoms with Crippen molar-refractivity contribution in [2.75, 3.05) is 9.80 Å². The molecule has 2 nitrogen and oxygen atoms in total. The molecule has 0 saturated carbocycles. The highest BCUT2D eigenvalue weighted by atomic mass is 15.2. The SMILES string of the molecule is c1ccc(-c2cc(-c3ccccc3)cc(-c3ccc(N(c4cc(-c5ccccc5)cc(-c5ccccc5)c4)c4ccc5ccc6c(N(c7ccc(-c8cc(-c9ccccc9)cc(-c9ccccc9)c8)cc7)c7cc(-c8ccccc8)cc(-c8ccccc8)c7)ccc7ccc4c5c76)cc3)c2)cc1. The van der Waals surface area contributed by atoms with Crippen molar-refractivity contribution in [3.05, 3.63) is 413 Å². The van der Waals surface area contributed by atoms with Crippen molar-refractivity contribution < 1.29 is 0 Å². The topological polar surface area (TPSA) is 6.48 Å². The Kier molecular flexibility index (Phi) is 16.0. The first-order valence-corrected chi connectivity index (χ1v) is 35.1. The molecule has 478 valence electrons. The molecule has 0 fully saturated rings. The zero-order chi connectivity index (χ0) is 67.7. The van der Waals surface area contributed by atoms with Gasteiger partial charge in [-0.1, -0.05) is 303 Å². The van der Waals surface area contributed by atoms with Crippen LogP contribution in [0.5, 0.6) is 0 Å². The fourth-order valence-electron chi connectivity index (χ4n) is 15.1. The van der Waals surface area contributed by atoms with E-state index in [4.69, 9.17) is 0 Å². The van der Waals surface area contributed by atoms with Gasteiger partial charge in [-0.15, -0.1) is 0 Å². The van der Waals surface area contributed by atoms with Gasteiger partial charge in [-0.25, -0.2) is 0 Å². The zero-order valence-corrected chi connectivity index (χ0v) is 56.2. The lowest BCUT2D eigenvalue weighted by Gasteiger charge is -2.30. The highest BCUT2D eigenvalue weighted by molar-refractivity contribution is 6.28. The number of anilines is 6. The first-order valence-electron chi connectivity index (χ1n) is 35.1. The molecule has 0 radical (unpaired) electrons. The van der Waals surface area contributed by atoms with Crippen LogP contribution >= 0.6 is 0 Å². The Morgan fingerprint density at radius 3 is 0.529 bits per heavy atom. The Balaban J connectivity index is 0.836. The number of benzene rings is 18. The Hall–Kier alpha value is -13.4. The van der Waals surface area contributed by atoms with Crippen molar-refractivity contribution in [2.45, 2.75) is 0 Å². The first kappa shape index (κ1) is 61.0. The maximum Gasteiger partial charge on any atom is 0.0540 e. The minimum absolute atomic E-state index is 1.05. The molecule has 0 aromatic heterocycles. The molecule has 0 aliphatic heterocycles. The first-order chi connectivity index (χ1) is 50.5. The summed E-state index contributed by atoms with van der Waals surface area (Å²) in [7, 11) is 0. The van der Waals surface area contributed by atoms with Gasteiger partial charge in [0.25, 0.3) is 0 Å². The predicted octanol–water partition coefficient (Wildman–Crippen LogP) is 28.2. The maximum atomic E-state index is 2.50. The van der Waals surface area contributed by atoms with Gasteiger partial charge in [-0.2, -0.15) is 0 Å². The molecule has 0 atom stereocenters. The van der Waals surface area contributed by atoms with E-state index in [-0.39, 0.29) is 0 Å². The average Bonchev–Trinajstić information content (AvgIpc) is 0.718. The van der Waals surface area contributed by atoms with Gasteiger partial charge in [0.05, 0.1) is 11.4 Å². The number of nitrogens with zero attached hydrogens (tertiary/aromatic N) is 2. The fourth-order valence-corrected chi connectivity index (χ4v) is 15.1. The van der Waals surface area contributed by atoms with Crippen LogP contribution in [0.2, 0.25) is 0 Å². The Labute approximate surface area is 596 Å². The molecule has 0 heterocycles. The van der Waals surface area contributed by atoms with Crippen molar-refractivity contribution >= 4 is 66.4 Å². The van der Waals surface area contributed by atoms with E-state index in [0.29, 0.717) is 0 Å². The summed E-state index contributed by atoms with van der Waals surface area (Å²) in [5.41, 5.74) is 29.6. The molecular formula is C100H68N2. The van der Waals surface area contributed by atoms with Gasteiger partial charge in [0.15, 0.2) is 0 Å². The highest BCUT2D eigenvalue weighted by Gasteiger charge is 2.25. The van der Waals surface area contributed by atoms with Crippen molar-refractivity contribution in [3.63, 3.8) is 0 Å². The molecule has 102 heavy (non-hydrogen) atoms. The van der Waals surface area contributed by atoms with Crippen LogP contribution in [0.1, 0.15) is 0 Å². The van der Waals surface area contributed by atoms with Gasteiger partial charge < -0.3 is 9.80 Å². The molecule has 18 aromatic carbocycles. The zero-order valence-electron chi connectivity index (χ0n) is 56.2. The van der Waals surface area contributed by atoms with Gasteiger partial charge in [-0.3, -0.25) is 0 Å². The minimum Gasteiger partial charge on any atom is -0.310 e. The standard InChI is InChI=1S/C100H68N2/c1-9-25-69(26-10-1)81-57-82(70-27-11-2-12-28-70)60-85(59-81)77-41-49-91(50-42-77)101(93-65-87(73-33-17-5-18-34-73)63-88(66-93)74-35-19-6-20-36-74)97-55-47-79-46-54-96-98(56-48-80-45-53-95(97)99(79)100(80)96)102(94-67-89(75-37-21-7-22-38-75)64-90(68-94)76-39-23-8-24-40-76)92-51-43-78(44-52-92)86-61-83(71-29-13-3-14-30-71)58-84(62-86)72-31-15-4-16-32-72/h1-68H. The van der Waals surface area contributed by atoms with E-state index in [9.17, 15) is 0 Å². The minimum atomic E-state index is 1.05. The molecule has 0 bridgehead atoms. The van der Waals surface area contributed by atoms with Crippen molar-refractivity contribution in [1.82, 2.24) is 0 Å². The van der Waals surface area contributed by atoms with Crippen LogP contribution < -0.4 is 9.80 Å². The molecule has 18 aromatic rings. The molecule has 0 aliphatic carbocycles. The predicted molar refractivity (Wildman–Crippen MR) is 434 cm³/mol. The molecule has 0 N–H and O–H groups in total. The van der Waals surface area contributed by atoms with Crippen LogP contribution in [0.15, 0.2) is 413 Å². The lowest BCUT2D eigenvalue weighted by molar-refractivity contribution is 1.30. The van der Waals surface area contributed by atoms with E-state index in [1.165, 1.54) is 66.1 Å². The summed E-state index contributed by atoms with van der Waals surface area (Å²) in [4.78, 5) is 5.00. The van der Waals surface area contributed by atoms with Gasteiger partial charge >= 0.3 is 0 Å². The molecule has 18 rings (SSSR count). The van der Waals surface area contributed by atoms with Crippen molar-refractivity contribution in [1.29, 1.82) is 0 Å². The number of hydrogen-bond acceptors (Lipinski definition) is 2. The molecule has 0 aliphatic rings. The largest absolute Gasteiger partial charge is 0.310 e. The Morgan fingerprint density at radius 2 is 0.314 bits per heavy atom. The van der Waals surface area contributed by atoms with Crippen LogP contribution in [-0.2, 0) is 0 Å². The van der Waals surface area contributed by atoms with Gasteiger partial charge in [-0.05, 0) is 242 Å². The summed E-state index contributed by atoms with van der Waals surface area (Å²) in [6.45, 7) is 0. The van der Waals surface area contributed by atoms with E-state index >= 15 is 0 Å². The average molecular weight is 1300 g/mol. The third-order valence-corrected chi connectivity index (χ3v) is 20.1. The lowest BCUT2D eigenvalue weighted by Crippen LogP contribution is -2.12. The summed E-state index contributed by atoms with van der Waals surface area (Å²) < 4.78 is 0.